The predicted octanol–water partition coefficient (Wildman–Crippen LogP) is 3.35. The van der Waals surface area contributed by atoms with Crippen LogP contribution in [0.4, 0.5) is 5.69 Å². The number of ether oxygens (including phenoxy) is 3. The van der Waals surface area contributed by atoms with E-state index in [1.54, 1.807) is 31.2 Å². The molecule has 2 aromatic carbocycles. The molecular weight excluding hydrogens is 354 g/mol. The predicted molar refractivity (Wildman–Crippen MR) is 96.6 cm³/mol. The number of esters is 1. The number of nitro groups is 1. The molecule has 8 heteroatoms. The van der Waals surface area contributed by atoms with Crippen LogP contribution in [0.25, 0.3) is 0 Å². The van der Waals surface area contributed by atoms with E-state index in [0.717, 1.165) is 11.6 Å². The number of methoxy groups -OCH3 is 1. The molecule has 0 bridgehead atoms. The van der Waals surface area contributed by atoms with Crippen LogP contribution in [0.5, 0.6) is 11.5 Å². The number of ketones is 1. The monoisotopic (exact) mass is 373 g/mol. The van der Waals surface area contributed by atoms with E-state index in [2.05, 4.69) is 0 Å². The number of hydrogen-bond donors (Lipinski definition) is 0. The third-order valence-corrected chi connectivity index (χ3v) is 3.71. The van der Waals surface area contributed by atoms with Gasteiger partial charge in [-0.1, -0.05) is 29.8 Å². The van der Waals surface area contributed by atoms with Crippen molar-refractivity contribution in [3.63, 3.8) is 0 Å². The van der Waals surface area contributed by atoms with Crippen molar-refractivity contribution in [1.82, 2.24) is 0 Å². The highest BCUT2D eigenvalue weighted by molar-refractivity contribution is 6.00. The lowest BCUT2D eigenvalue weighted by atomic mass is 10.1. The number of carbonyl (C=O) groups excluding carboxylic acids is 2. The zero-order valence-electron chi connectivity index (χ0n) is 15.2. The van der Waals surface area contributed by atoms with Crippen LogP contribution in [0.1, 0.15) is 33.2 Å². The number of Topliss-reactive ketones (excluding diaryl/α,β-unsaturated/α-hetero) is 1. The first kappa shape index (κ1) is 19.9. The lowest BCUT2D eigenvalue weighted by Crippen LogP contribution is -2.15. The molecule has 142 valence electrons. The van der Waals surface area contributed by atoms with E-state index in [-0.39, 0.29) is 23.7 Å². The number of hydrogen-bond acceptors (Lipinski definition) is 7. The van der Waals surface area contributed by atoms with Crippen molar-refractivity contribution in [2.45, 2.75) is 13.8 Å². The van der Waals surface area contributed by atoms with Crippen LogP contribution in [0.2, 0.25) is 0 Å². The second-order valence-electron chi connectivity index (χ2n) is 5.58. The van der Waals surface area contributed by atoms with Crippen LogP contribution in [0.3, 0.4) is 0 Å². The summed E-state index contributed by atoms with van der Waals surface area (Å²) < 4.78 is 15.4. The lowest BCUT2D eigenvalue weighted by Gasteiger charge is -2.11. The largest absolute Gasteiger partial charge is 0.493 e. The Kier molecular flexibility index (Phi) is 6.48. The van der Waals surface area contributed by atoms with Gasteiger partial charge in [-0.25, -0.2) is 4.79 Å². The Morgan fingerprint density at radius 1 is 1.11 bits per heavy atom. The van der Waals surface area contributed by atoms with Crippen LogP contribution in [0.15, 0.2) is 36.4 Å². The maximum absolute atomic E-state index is 12.3. The van der Waals surface area contributed by atoms with E-state index in [1.165, 1.54) is 13.2 Å². The van der Waals surface area contributed by atoms with Gasteiger partial charge in [-0.2, -0.15) is 0 Å². The fourth-order valence-electron chi connectivity index (χ4n) is 2.32. The van der Waals surface area contributed by atoms with Gasteiger partial charge in [-0.3, -0.25) is 14.9 Å². The number of nitrogens with zero attached hydrogens (tertiary/aromatic N) is 1. The standard InChI is InChI=1S/C19H19NO7/c1-4-26-18-10-15(20(23)24)14(9-17(18)25-3)19(22)27-11-16(21)13-7-5-12(2)6-8-13/h5-10H,4,11H2,1-3H3. The van der Waals surface area contributed by atoms with Gasteiger partial charge in [0.15, 0.2) is 23.9 Å². The highest BCUT2D eigenvalue weighted by Gasteiger charge is 2.26. The summed E-state index contributed by atoms with van der Waals surface area (Å²) in [4.78, 5) is 35.0. The summed E-state index contributed by atoms with van der Waals surface area (Å²) in [7, 11) is 1.35. The summed E-state index contributed by atoms with van der Waals surface area (Å²) in [5.74, 6) is -1.12. The molecule has 0 saturated heterocycles. The molecular formula is C19H19NO7. The number of nitro benzene ring substituents is 1. The minimum atomic E-state index is -0.997. The molecule has 27 heavy (non-hydrogen) atoms. The first-order chi connectivity index (χ1) is 12.9. The molecule has 0 N–H and O–H groups in total. The molecule has 0 aliphatic carbocycles. The van der Waals surface area contributed by atoms with Gasteiger partial charge in [0.05, 0.1) is 24.7 Å². The Morgan fingerprint density at radius 2 is 1.78 bits per heavy atom. The van der Waals surface area contributed by atoms with Gasteiger partial charge in [-0.15, -0.1) is 0 Å². The molecule has 0 saturated carbocycles. The smallest absolute Gasteiger partial charge is 0.345 e. The molecule has 0 radical (unpaired) electrons. The fraction of sp³-hybridized carbons (Fsp3) is 0.263. The minimum absolute atomic E-state index is 0.138. The molecule has 2 aromatic rings. The van der Waals surface area contributed by atoms with Gasteiger partial charge in [-0.05, 0) is 13.8 Å². The van der Waals surface area contributed by atoms with E-state index < -0.39 is 29.0 Å². The average Bonchev–Trinajstić information content (AvgIpc) is 2.66. The van der Waals surface area contributed by atoms with Crippen molar-refractivity contribution in [2.75, 3.05) is 20.3 Å². The molecule has 2 rings (SSSR count). The van der Waals surface area contributed by atoms with Crippen LogP contribution in [0, 0.1) is 17.0 Å². The first-order valence-corrected chi connectivity index (χ1v) is 8.13. The normalized spacial score (nSPS) is 10.2. The van der Waals surface area contributed by atoms with E-state index in [0.29, 0.717) is 5.56 Å². The second-order valence-corrected chi connectivity index (χ2v) is 5.58. The van der Waals surface area contributed by atoms with Gasteiger partial charge in [0, 0.05) is 11.6 Å². The molecule has 0 aliphatic heterocycles. The van der Waals surface area contributed by atoms with Crippen molar-refractivity contribution in [3.05, 3.63) is 63.2 Å². The Bertz CT molecular complexity index is 859. The van der Waals surface area contributed by atoms with Gasteiger partial charge in [0.2, 0.25) is 0 Å². The molecule has 0 aromatic heterocycles. The lowest BCUT2D eigenvalue weighted by molar-refractivity contribution is -0.385. The van der Waals surface area contributed by atoms with Gasteiger partial charge >= 0.3 is 5.97 Å². The molecule has 8 nitrogen and oxygen atoms in total. The van der Waals surface area contributed by atoms with E-state index in [4.69, 9.17) is 14.2 Å². The zero-order chi connectivity index (χ0) is 20.0. The Morgan fingerprint density at radius 3 is 2.33 bits per heavy atom. The Hall–Kier alpha value is -3.42. The SMILES string of the molecule is CCOc1cc([N+](=O)[O-])c(C(=O)OCC(=O)c2ccc(C)cc2)cc1OC. The summed E-state index contributed by atoms with van der Waals surface area (Å²) in [5.41, 5.74) is 0.553. The van der Waals surface area contributed by atoms with Gasteiger partial charge in [0.25, 0.3) is 5.69 Å². The van der Waals surface area contributed by atoms with Crippen LogP contribution in [-0.2, 0) is 4.74 Å². The highest BCUT2D eigenvalue weighted by atomic mass is 16.6. The number of carbonyl (C=O) groups is 2. The Labute approximate surface area is 155 Å². The third kappa shape index (κ3) is 4.81. The highest BCUT2D eigenvalue weighted by Crippen LogP contribution is 2.35. The maximum Gasteiger partial charge on any atom is 0.345 e. The zero-order valence-corrected chi connectivity index (χ0v) is 15.2. The van der Waals surface area contributed by atoms with Crippen molar-refractivity contribution in [3.8, 4) is 11.5 Å². The average molecular weight is 373 g/mol. The third-order valence-electron chi connectivity index (χ3n) is 3.71. The second kappa shape index (κ2) is 8.79. The molecule has 0 fully saturated rings. The minimum Gasteiger partial charge on any atom is -0.493 e. The Balaban J connectivity index is 2.22. The van der Waals surface area contributed by atoms with Crippen molar-refractivity contribution in [2.24, 2.45) is 0 Å². The van der Waals surface area contributed by atoms with E-state index in [1.807, 2.05) is 6.92 Å². The quantitative estimate of drug-likeness (QED) is 0.302. The fourth-order valence-corrected chi connectivity index (χ4v) is 2.32. The maximum atomic E-state index is 12.3. The number of benzene rings is 2. The van der Waals surface area contributed by atoms with Crippen molar-refractivity contribution >= 4 is 17.4 Å². The van der Waals surface area contributed by atoms with Crippen molar-refractivity contribution in [1.29, 1.82) is 0 Å². The first-order valence-electron chi connectivity index (χ1n) is 8.13. The summed E-state index contributed by atoms with van der Waals surface area (Å²) >= 11 is 0. The molecule has 0 atom stereocenters. The van der Waals surface area contributed by atoms with Crippen molar-refractivity contribution < 1.29 is 28.7 Å². The topological polar surface area (TPSA) is 105 Å². The van der Waals surface area contributed by atoms with E-state index >= 15 is 0 Å². The van der Waals surface area contributed by atoms with Gasteiger partial charge in [0.1, 0.15) is 5.56 Å². The van der Waals surface area contributed by atoms with Crippen LogP contribution in [-0.4, -0.2) is 37.0 Å². The number of rotatable bonds is 8. The van der Waals surface area contributed by atoms with Crippen LogP contribution >= 0.6 is 0 Å². The summed E-state index contributed by atoms with van der Waals surface area (Å²) in [6, 6.07) is 9.03. The molecule has 0 heterocycles. The summed E-state index contributed by atoms with van der Waals surface area (Å²) in [6.07, 6.45) is 0. The summed E-state index contributed by atoms with van der Waals surface area (Å²) in [5, 5.41) is 11.3. The molecule has 0 amide bonds. The van der Waals surface area contributed by atoms with Gasteiger partial charge < -0.3 is 14.2 Å². The van der Waals surface area contributed by atoms with E-state index in [9.17, 15) is 19.7 Å². The van der Waals surface area contributed by atoms with Crippen LogP contribution < -0.4 is 9.47 Å². The molecule has 0 unspecified atom stereocenters. The summed E-state index contributed by atoms with van der Waals surface area (Å²) in [6.45, 7) is 3.33. The number of aryl methyl sites for hydroxylation is 1. The molecule has 0 aliphatic rings. The molecule has 0 spiro atoms.